The molecular formula is C11H16BF3O3. The Hall–Kier alpha value is -0.785. The number of hydrogen-bond donors (Lipinski definition) is 2. The molecule has 1 rings (SSSR count). The molecule has 7 heteroatoms. The minimum absolute atomic E-state index is 0.0179. The van der Waals surface area contributed by atoms with E-state index < -0.39 is 19.1 Å². The van der Waals surface area contributed by atoms with Gasteiger partial charge in [0.1, 0.15) is 0 Å². The quantitative estimate of drug-likeness (QED) is 0.749. The molecule has 3 nitrogen and oxygen atoms in total. The zero-order valence-electron chi connectivity index (χ0n) is 10.1. The molecule has 0 bridgehead atoms. The molecular weight excluding hydrogens is 248 g/mol. The SMILES string of the molecule is CCCCC1(OC(F)(F)F)C=CC(B(O)O)=CC1. The van der Waals surface area contributed by atoms with Crippen LogP contribution < -0.4 is 0 Å². The van der Waals surface area contributed by atoms with Crippen LogP contribution in [-0.4, -0.2) is 29.1 Å². The molecule has 0 aromatic rings. The Kier molecular flexibility index (Phi) is 5.01. The van der Waals surface area contributed by atoms with Crippen LogP contribution in [0.3, 0.4) is 0 Å². The molecule has 1 unspecified atom stereocenters. The Morgan fingerprint density at radius 2 is 2.11 bits per heavy atom. The summed E-state index contributed by atoms with van der Waals surface area (Å²) in [7, 11) is -1.67. The average Bonchev–Trinajstić information content (AvgIpc) is 2.25. The van der Waals surface area contributed by atoms with Gasteiger partial charge in [-0.2, -0.15) is 0 Å². The van der Waals surface area contributed by atoms with Gasteiger partial charge in [-0.25, -0.2) is 0 Å². The van der Waals surface area contributed by atoms with Gasteiger partial charge in [-0.1, -0.05) is 38.0 Å². The second-order valence-corrected chi connectivity index (χ2v) is 4.33. The smallest absolute Gasteiger partial charge is 0.423 e. The number of alkyl halides is 3. The first-order valence-electron chi connectivity index (χ1n) is 5.80. The van der Waals surface area contributed by atoms with Gasteiger partial charge in [-0.05, 0) is 18.3 Å². The normalized spacial score (nSPS) is 24.0. The first-order valence-corrected chi connectivity index (χ1v) is 5.80. The van der Waals surface area contributed by atoms with Crippen molar-refractivity contribution in [2.75, 3.05) is 0 Å². The van der Waals surface area contributed by atoms with E-state index in [0.717, 1.165) is 6.42 Å². The molecule has 0 aromatic heterocycles. The molecule has 0 saturated carbocycles. The zero-order chi connectivity index (χ0) is 13.8. The fraction of sp³-hybridized carbons (Fsp3) is 0.636. The van der Waals surface area contributed by atoms with Crippen molar-refractivity contribution in [3.05, 3.63) is 23.7 Å². The molecule has 0 fully saturated rings. The first kappa shape index (κ1) is 15.3. The van der Waals surface area contributed by atoms with Gasteiger partial charge < -0.3 is 10.0 Å². The molecule has 1 aliphatic carbocycles. The predicted molar refractivity (Wildman–Crippen MR) is 61.4 cm³/mol. The lowest BCUT2D eigenvalue weighted by atomic mass is 9.73. The van der Waals surface area contributed by atoms with E-state index in [9.17, 15) is 13.2 Å². The van der Waals surface area contributed by atoms with Crippen molar-refractivity contribution in [3.8, 4) is 0 Å². The average molecular weight is 264 g/mol. The highest BCUT2D eigenvalue weighted by molar-refractivity contribution is 6.51. The maximum atomic E-state index is 12.4. The number of unbranched alkanes of at least 4 members (excludes halogenated alkanes) is 1. The molecule has 0 radical (unpaired) electrons. The molecule has 1 aliphatic rings. The van der Waals surface area contributed by atoms with Crippen LogP contribution in [0.5, 0.6) is 0 Å². The molecule has 0 aliphatic heterocycles. The highest BCUT2D eigenvalue weighted by Gasteiger charge is 2.42. The summed E-state index contributed by atoms with van der Waals surface area (Å²) in [5.41, 5.74) is -1.24. The van der Waals surface area contributed by atoms with Crippen molar-refractivity contribution < 1.29 is 28.0 Å². The highest BCUT2D eigenvalue weighted by atomic mass is 19.4. The lowest BCUT2D eigenvalue weighted by molar-refractivity contribution is -0.359. The number of hydrogen-bond acceptors (Lipinski definition) is 3. The predicted octanol–water partition coefficient (Wildman–Crippen LogP) is 2.35. The molecule has 0 amide bonds. The Morgan fingerprint density at radius 3 is 2.50 bits per heavy atom. The largest absolute Gasteiger partial charge is 0.523 e. The number of rotatable bonds is 5. The highest BCUT2D eigenvalue weighted by Crippen LogP contribution is 2.36. The van der Waals surface area contributed by atoms with Crippen LogP contribution in [0.4, 0.5) is 13.2 Å². The summed E-state index contributed by atoms with van der Waals surface area (Å²) < 4.78 is 41.4. The molecule has 0 spiro atoms. The number of allylic oxidation sites excluding steroid dienone is 2. The number of halogens is 3. The van der Waals surface area contributed by atoms with Gasteiger partial charge in [0, 0.05) is 0 Å². The van der Waals surface area contributed by atoms with Crippen molar-refractivity contribution in [1.29, 1.82) is 0 Å². The maximum absolute atomic E-state index is 12.4. The van der Waals surface area contributed by atoms with Gasteiger partial charge in [-0.3, -0.25) is 4.74 Å². The lowest BCUT2D eigenvalue weighted by Crippen LogP contribution is -2.38. The van der Waals surface area contributed by atoms with Crippen LogP contribution in [0.15, 0.2) is 23.7 Å². The topological polar surface area (TPSA) is 49.7 Å². The third-order valence-corrected chi connectivity index (χ3v) is 2.83. The van der Waals surface area contributed by atoms with Crippen molar-refractivity contribution in [3.63, 3.8) is 0 Å². The van der Waals surface area contributed by atoms with Crippen molar-refractivity contribution in [1.82, 2.24) is 0 Å². The Bertz CT molecular complexity index is 339. The Labute approximate surface area is 104 Å². The molecule has 18 heavy (non-hydrogen) atoms. The van der Waals surface area contributed by atoms with E-state index in [1.807, 2.05) is 6.92 Å². The van der Waals surface area contributed by atoms with Crippen LogP contribution in [-0.2, 0) is 4.74 Å². The van der Waals surface area contributed by atoms with Crippen molar-refractivity contribution >= 4 is 7.12 Å². The van der Waals surface area contributed by atoms with E-state index in [0.29, 0.717) is 6.42 Å². The van der Waals surface area contributed by atoms with Gasteiger partial charge in [0.15, 0.2) is 0 Å². The van der Waals surface area contributed by atoms with Crippen LogP contribution in [0.25, 0.3) is 0 Å². The van der Waals surface area contributed by atoms with Gasteiger partial charge in [0.2, 0.25) is 0 Å². The van der Waals surface area contributed by atoms with E-state index in [1.54, 1.807) is 0 Å². The second-order valence-electron chi connectivity index (χ2n) is 4.33. The van der Waals surface area contributed by atoms with E-state index in [4.69, 9.17) is 10.0 Å². The van der Waals surface area contributed by atoms with E-state index in [-0.39, 0.29) is 18.3 Å². The van der Waals surface area contributed by atoms with Gasteiger partial charge >= 0.3 is 13.5 Å². The standard InChI is InChI=1S/C11H16BF3O3/c1-2-3-6-10(18-11(13,14)15)7-4-9(5-8-10)12(16)17/h4-5,7,16-17H,2-3,6,8H2,1H3. The molecule has 2 N–H and O–H groups in total. The van der Waals surface area contributed by atoms with Crippen LogP contribution >= 0.6 is 0 Å². The third-order valence-electron chi connectivity index (χ3n) is 2.83. The molecule has 0 saturated heterocycles. The Balaban J connectivity index is 2.80. The maximum Gasteiger partial charge on any atom is 0.523 e. The lowest BCUT2D eigenvalue weighted by Gasteiger charge is -2.33. The summed E-state index contributed by atoms with van der Waals surface area (Å²) in [4.78, 5) is 0. The van der Waals surface area contributed by atoms with Crippen LogP contribution in [0, 0.1) is 0 Å². The number of ether oxygens (including phenoxy) is 1. The Morgan fingerprint density at radius 1 is 1.44 bits per heavy atom. The summed E-state index contributed by atoms with van der Waals surface area (Å²) in [6.07, 6.45) is 0.788. The monoisotopic (exact) mass is 264 g/mol. The molecule has 1 atom stereocenters. The summed E-state index contributed by atoms with van der Waals surface area (Å²) >= 11 is 0. The summed E-state index contributed by atoms with van der Waals surface area (Å²) in [5, 5.41) is 17.9. The summed E-state index contributed by atoms with van der Waals surface area (Å²) in [6, 6.07) is 0. The summed E-state index contributed by atoms with van der Waals surface area (Å²) in [6.45, 7) is 1.88. The zero-order valence-corrected chi connectivity index (χ0v) is 10.1. The summed E-state index contributed by atoms with van der Waals surface area (Å²) in [5.74, 6) is 0. The van der Waals surface area contributed by atoms with Gasteiger partial charge in [0.05, 0.1) is 5.60 Å². The fourth-order valence-corrected chi connectivity index (χ4v) is 1.88. The minimum Gasteiger partial charge on any atom is -0.423 e. The van der Waals surface area contributed by atoms with Crippen LogP contribution in [0.2, 0.25) is 0 Å². The van der Waals surface area contributed by atoms with E-state index >= 15 is 0 Å². The van der Waals surface area contributed by atoms with Gasteiger partial charge in [0.25, 0.3) is 0 Å². The van der Waals surface area contributed by atoms with E-state index in [2.05, 4.69) is 4.74 Å². The van der Waals surface area contributed by atoms with Crippen molar-refractivity contribution in [2.45, 2.75) is 44.6 Å². The molecule has 0 aromatic carbocycles. The second kappa shape index (κ2) is 5.90. The first-order chi connectivity index (χ1) is 8.28. The fourth-order valence-electron chi connectivity index (χ4n) is 1.88. The van der Waals surface area contributed by atoms with Crippen LogP contribution in [0.1, 0.15) is 32.6 Å². The van der Waals surface area contributed by atoms with Gasteiger partial charge in [-0.15, -0.1) is 13.2 Å². The van der Waals surface area contributed by atoms with Crippen molar-refractivity contribution in [2.24, 2.45) is 0 Å². The molecule has 0 heterocycles. The van der Waals surface area contributed by atoms with E-state index in [1.165, 1.54) is 18.2 Å². The molecule has 102 valence electrons. The minimum atomic E-state index is -4.71. The third kappa shape index (κ3) is 4.47.